The third kappa shape index (κ3) is 4.90. The number of alkyl halides is 1. The molecule has 0 amide bonds. The number of ketones is 1. The first-order valence-corrected chi connectivity index (χ1v) is 7.74. The van der Waals surface area contributed by atoms with E-state index >= 15 is 0 Å². The smallest absolute Gasteiger partial charge is 0.317 e. The maximum Gasteiger partial charge on any atom is 0.317 e. The fourth-order valence-corrected chi connectivity index (χ4v) is 2.44. The van der Waals surface area contributed by atoms with Crippen molar-refractivity contribution >= 4 is 11.8 Å². The second kappa shape index (κ2) is 8.59. The zero-order chi connectivity index (χ0) is 19.2. The molecule has 2 aromatic carbocycles. The Morgan fingerprint density at radius 3 is 2.31 bits per heavy atom. The summed E-state index contributed by atoms with van der Waals surface area (Å²) in [7, 11) is 0. The van der Waals surface area contributed by atoms with Crippen LogP contribution in [0.4, 0.5) is 13.4 Å². The molecule has 0 saturated heterocycles. The second-order valence-electron chi connectivity index (χ2n) is 5.68. The van der Waals surface area contributed by atoms with Crippen LogP contribution in [-0.2, 0) is 17.8 Å². The number of Topliss-reactive ketones (excluding diaryl/α,β-unsaturated/α-hetero) is 1. The molecule has 1 atom stereocenters. The summed E-state index contributed by atoms with van der Waals surface area (Å²) < 4.78 is 41.4. The van der Waals surface area contributed by atoms with Gasteiger partial charge in [0, 0.05) is 18.5 Å². The van der Waals surface area contributed by atoms with E-state index < -0.39 is 29.3 Å². The summed E-state index contributed by atoms with van der Waals surface area (Å²) in [6, 6.07) is 13.2. The van der Waals surface area contributed by atoms with Crippen molar-refractivity contribution in [1.82, 2.24) is 10.7 Å². The molecule has 8 heteroatoms. The van der Waals surface area contributed by atoms with Gasteiger partial charge in [-0.25, -0.2) is 4.39 Å². The van der Waals surface area contributed by atoms with Crippen LogP contribution in [0.5, 0.6) is 0 Å². The highest BCUT2D eigenvalue weighted by atomic mass is 19.4. The predicted octanol–water partition coefficient (Wildman–Crippen LogP) is 3.02. The number of halogens is 3. The van der Waals surface area contributed by atoms with Crippen molar-refractivity contribution in [3.63, 3.8) is 0 Å². The van der Waals surface area contributed by atoms with Gasteiger partial charge < -0.3 is 10.4 Å². The SMILES string of the molecule is O=C(O)CNCc1cccc(C(=O)[C@@](F)(Cc2ccccc2)N(F)F)c1. The molecule has 5 nitrogen and oxygen atoms in total. The third-order valence-corrected chi connectivity index (χ3v) is 3.69. The lowest BCUT2D eigenvalue weighted by molar-refractivity contribution is -0.255. The molecule has 138 valence electrons. The number of carboxylic acids is 1. The quantitative estimate of drug-likeness (QED) is 0.406. The molecule has 2 rings (SSSR count). The van der Waals surface area contributed by atoms with E-state index in [9.17, 15) is 22.9 Å². The second-order valence-corrected chi connectivity index (χ2v) is 5.68. The number of carbonyl (C=O) groups is 2. The minimum Gasteiger partial charge on any atom is -0.480 e. The van der Waals surface area contributed by atoms with Gasteiger partial charge >= 0.3 is 5.97 Å². The number of hydrogen-bond donors (Lipinski definition) is 2. The van der Waals surface area contributed by atoms with E-state index in [1.807, 2.05) is 0 Å². The molecule has 2 aromatic rings. The average Bonchev–Trinajstić information content (AvgIpc) is 2.61. The lowest BCUT2D eigenvalue weighted by atomic mass is 9.95. The molecule has 0 aliphatic heterocycles. The minimum absolute atomic E-state index is 0.0976. The zero-order valence-electron chi connectivity index (χ0n) is 13.7. The summed E-state index contributed by atoms with van der Waals surface area (Å²) >= 11 is 0. The zero-order valence-corrected chi connectivity index (χ0v) is 13.7. The molecule has 0 heterocycles. The van der Waals surface area contributed by atoms with Gasteiger partial charge in [0.15, 0.2) is 0 Å². The Bertz CT molecular complexity index is 771. The molecule has 0 saturated carbocycles. The third-order valence-electron chi connectivity index (χ3n) is 3.69. The van der Waals surface area contributed by atoms with E-state index in [2.05, 4.69) is 5.32 Å². The molecule has 0 aromatic heterocycles. The molecular weight excluding hydrogens is 349 g/mol. The number of carboxylic acid groups (broad SMARTS) is 1. The lowest BCUT2D eigenvalue weighted by Gasteiger charge is -2.24. The standard InChI is InChI=1S/C18H17F3N2O3/c19-18(23(20)21,10-13-5-2-1-3-6-13)17(26)15-8-4-7-14(9-15)11-22-12-16(24)25/h1-9,22H,10-12H2,(H,24,25)/t18-/m1/s1. The van der Waals surface area contributed by atoms with Crippen LogP contribution < -0.4 is 5.32 Å². The number of aliphatic carboxylic acids is 1. The van der Waals surface area contributed by atoms with Gasteiger partial charge in [0.05, 0.1) is 11.9 Å². The van der Waals surface area contributed by atoms with Gasteiger partial charge in [0.1, 0.15) is 0 Å². The minimum atomic E-state index is -3.51. The molecule has 0 bridgehead atoms. The van der Waals surface area contributed by atoms with Crippen molar-refractivity contribution < 1.29 is 28.0 Å². The number of nitrogens with one attached hydrogen (secondary N) is 1. The lowest BCUT2D eigenvalue weighted by Crippen LogP contribution is -2.45. The molecule has 0 aliphatic carbocycles. The normalized spacial score (nSPS) is 13.4. The highest BCUT2D eigenvalue weighted by molar-refractivity contribution is 6.02. The predicted molar refractivity (Wildman–Crippen MR) is 88.2 cm³/mol. The number of hydrogen-bond acceptors (Lipinski definition) is 4. The van der Waals surface area contributed by atoms with Gasteiger partial charge in [0.2, 0.25) is 5.78 Å². The van der Waals surface area contributed by atoms with Crippen LogP contribution in [0.25, 0.3) is 0 Å². The monoisotopic (exact) mass is 366 g/mol. The maximum absolute atomic E-state index is 14.9. The highest BCUT2D eigenvalue weighted by Gasteiger charge is 2.47. The highest BCUT2D eigenvalue weighted by Crippen LogP contribution is 2.29. The number of benzene rings is 2. The first-order chi connectivity index (χ1) is 12.3. The van der Waals surface area contributed by atoms with Gasteiger partial charge in [-0.05, 0) is 17.2 Å². The van der Waals surface area contributed by atoms with E-state index in [-0.39, 0.29) is 24.2 Å². The fourth-order valence-electron chi connectivity index (χ4n) is 2.44. The Labute approximate surface area is 147 Å². The van der Waals surface area contributed by atoms with E-state index in [0.717, 1.165) is 0 Å². The van der Waals surface area contributed by atoms with Crippen LogP contribution in [-0.4, -0.2) is 34.5 Å². The van der Waals surface area contributed by atoms with Crippen molar-refractivity contribution in [1.29, 1.82) is 0 Å². The Kier molecular flexibility index (Phi) is 6.48. The van der Waals surface area contributed by atoms with Crippen LogP contribution in [0.15, 0.2) is 54.6 Å². The number of nitrogens with zero attached hydrogens (tertiary/aromatic N) is 1. The van der Waals surface area contributed by atoms with Gasteiger partial charge in [0.25, 0.3) is 5.79 Å². The van der Waals surface area contributed by atoms with Gasteiger partial charge in [-0.2, -0.15) is 0 Å². The van der Waals surface area contributed by atoms with Crippen LogP contribution in [0.2, 0.25) is 0 Å². The molecule has 0 fully saturated rings. The van der Waals surface area contributed by atoms with E-state index in [0.29, 0.717) is 5.56 Å². The maximum atomic E-state index is 14.9. The first kappa shape index (κ1) is 19.6. The van der Waals surface area contributed by atoms with Crippen molar-refractivity contribution in [2.75, 3.05) is 6.54 Å². The summed E-state index contributed by atoms with van der Waals surface area (Å²) in [6.45, 7) is -0.206. The number of carbonyl (C=O) groups excluding carboxylic acids is 1. The number of rotatable bonds is 9. The van der Waals surface area contributed by atoms with E-state index in [1.165, 1.54) is 30.3 Å². The summed E-state index contributed by atoms with van der Waals surface area (Å²) in [5.41, 5.74) is 0.504. The van der Waals surface area contributed by atoms with Crippen LogP contribution in [0.3, 0.4) is 0 Å². The Morgan fingerprint density at radius 2 is 1.69 bits per heavy atom. The van der Waals surface area contributed by atoms with Crippen LogP contribution in [0.1, 0.15) is 21.5 Å². The Hall–Kier alpha value is -2.71. The van der Waals surface area contributed by atoms with Gasteiger partial charge in [-0.1, -0.05) is 57.5 Å². The summed E-state index contributed by atoms with van der Waals surface area (Å²) in [4.78, 5) is 22.9. The molecule has 0 aliphatic rings. The van der Waals surface area contributed by atoms with Crippen LogP contribution >= 0.6 is 0 Å². The van der Waals surface area contributed by atoms with E-state index in [1.54, 1.807) is 24.3 Å². The average molecular weight is 366 g/mol. The molecule has 0 unspecified atom stereocenters. The molecule has 0 radical (unpaired) electrons. The summed E-state index contributed by atoms with van der Waals surface area (Å²) in [5.74, 6) is -5.94. The molecule has 0 spiro atoms. The largest absolute Gasteiger partial charge is 0.480 e. The Morgan fingerprint density at radius 1 is 1.04 bits per heavy atom. The fraction of sp³-hybridized carbons (Fsp3) is 0.222. The topological polar surface area (TPSA) is 69.6 Å². The van der Waals surface area contributed by atoms with Crippen molar-refractivity contribution in [3.05, 3.63) is 71.3 Å². The summed E-state index contributed by atoms with van der Waals surface area (Å²) in [6.07, 6.45) is -0.804. The molecular formula is C18H17F3N2O3. The van der Waals surface area contributed by atoms with Crippen LogP contribution in [0, 0.1) is 0 Å². The van der Waals surface area contributed by atoms with Gasteiger partial charge in [-0.3, -0.25) is 9.59 Å². The first-order valence-electron chi connectivity index (χ1n) is 7.74. The molecule has 26 heavy (non-hydrogen) atoms. The van der Waals surface area contributed by atoms with Crippen molar-refractivity contribution in [2.45, 2.75) is 18.8 Å². The van der Waals surface area contributed by atoms with Crippen molar-refractivity contribution in [2.24, 2.45) is 0 Å². The summed E-state index contributed by atoms with van der Waals surface area (Å²) in [5, 5.41) is 9.48. The Balaban J connectivity index is 2.22. The van der Waals surface area contributed by atoms with Gasteiger partial charge in [-0.15, -0.1) is 0 Å². The molecule has 2 N–H and O–H groups in total. The van der Waals surface area contributed by atoms with E-state index in [4.69, 9.17) is 5.11 Å². The van der Waals surface area contributed by atoms with Crippen molar-refractivity contribution in [3.8, 4) is 0 Å².